The summed E-state index contributed by atoms with van der Waals surface area (Å²) in [7, 11) is 0. The highest BCUT2D eigenvalue weighted by molar-refractivity contribution is 5.94. The Kier molecular flexibility index (Phi) is 10.3. The zero-order chi connectivity index (χ0) is 25.1. The monoisotopic (exact) mass is 475 g/mol. The van der Waals surface area contributed by atoms with Crippen molar-refractivity contribution < 1.29 is 24.3 Å². The van der Waals surface area contributed by atoms with Gasteiger partial charge in [0.2, 0.25) is 17.7 Å². The summed E-state index contributed by atoms with van der Waals surface area (Å²) in [6.45, 7) is 0.298. The third-order valence-corrected chi connectivity index (χ3v) is 5.50. The molecule has 34 heavy (non-hydrogen) atoms. The molecule has 0 unspecified atom stereocenters. The smallest absolute Gasteiger partial charge is 0.326 e. The van der Waals surface area contributed by atoms with Crippen LogP contribution in [0.3, 0.4) is 0 Å². The number of hydrogen-bond acceptors (Lipinski definition) is 6. The maximum atomic E-state index is 13.2. The summed E-state index contributed by atoms with van der Waals surface area (Å²) >= 11 is 0. The SMILES string of the molecule is NCC(=O)N[C@@H](CCCN=C(N)N)C(=O)N1CCC[C@H]1C(=O)N[C@@H](Cc1ccccc1)C(=O)O. The predicted molar refractivity (Wildman–Crippen MR) is 125 cm³/mol. The first kappa shape index (κ1) is 26.6. The maximum Gasteiger partial charge on any atom is 0.326 e. The van der Waals surface area contributed by atoms with Crippen molar-refractivity contribution in [2.24, 2.45) is 22.2 Å². The molecule has 0 aromatic heterocycles. The van der Waals surface area contributed by atoms with Gasteiger partial charge in [-0.1, -0.05) is 30.3 Å². The number of guanidine groups is 1. The third-order valence-electron chi connectivity index (χ3n) is 5.50. The Hall–Kier alpha value is -3.67. The van der Waals surface area contributed by atoms with Crippen LogP contribution in [-0.2, 0) is 25.6 Å². The van der Waals surface area contributed by atoms with Gasteiger partial charge in [-0.15, -0.1) is 0 Å². The van der Waals surface area contributed by atoms with Crippen molar-refractivity contribution in [1.82, 2.24) is 15.5 Å². The van der Waals surface area contributed by atoms with Crippen molar-refractivity contribution in [3.05, 3.63) is 35.9 Å². The number of nitrogens with zero attached hydrogens (tertiary/aromatic N) is 2. The van der Waals surface area contributed by atoms with E-state index in [0.717, 1.165) is 5.56 Å². The molecular weight excluding hydrogens is 442 g/mol. The fourth-order valence-electron chi connectivity index (χ4n) is 3.84. The van der Waals surface area contributed by atoms with Gasteiger partial charge in [0.1, 0.15) is 18.1 Å². The average Bonchev–Trinajstić information content (AvgIpc) is 3.30. The Balaban J connectivity index is 2.08. The van der Waals surface area contributed by atoms with Gasteiger partial charge in [-0.2, -0.15) is 0 Å². The zero-order valence-corrected chi connectivity index (χ0v) is 19.0. The topological polar surface area (TPSA) is 206 Å². The fourth-order valence-corrected chi connectivity index (χ4v) is 3.84. The molecule has 9 N–H and O–H groups in total. The van der Waals surface area contributed by atoms with E-state index in [1.807, 2.05) is 6.07 Å². The van der Waals surface area contributed by atoms with Crippen molar-refractivity contribution in [1.29, 1.82) is 0 Å². The lowest BCUT2D eigenvalue weighted by atomic mass is 10.0. The summed E-state index contributed by atoms with van der Waals surface area (Å²) in [6, 6.07) is 6.07. The van der Waals surface area contributed by atoms with Crippen molar-refractivity contribution in [3.8, 4) is 0 Å². The molecule has 2 rings (SSSR count). The lowest BCUT2D eigenvalue weighted by Gasteiger charge is -2.29. The second-order valence-electron chi connectivity index (χ2n) is 8.05. The lowest BCUT2D eigenvalue weighted by molar-refractivity contribution is -0.144. The molecule has 0 saturated carbocycles. The first-order chi connectivity index (χ1) is 16.2. The van der Waals surface area contributed by atoms with Crippen LogP contribution in [0.4, 0.5) is 0 Å². The van der Waals surface area contributed by atoms with E-state index < -0.39 is 41.8 Å². The van der Waals surface area contributed by atoms with Gasteiger partial charge in [0.05, 0.1) is 6.54 Å². The van der Waals surface area contributed by atoms with Gasteiger partial charge in [0, 0.05) is 19.5 Å². The summed E-state index contributed by atoms with van der Waals surface area (Å²) in [5, 5.41) is 14.7. The molecule has 1 aromatic rings. The second-order valence-corrected chi connectivity index (χ2v) is 8.05. The van der Waals surface area contributed by atoms with Crippen molar-refractivity contribution in [2.45, 2.75) is 50.2 Å². The summed E-state index contributed by atoms with van der Waals surface area (Å²) in [5.74, 6) is -2.72. The van der Waals surface area contributed by atoms with Gasteiger partial charge in [0.25, 0.3) is 0 Å². The van der Waals surface area contributed by atoms with E-state index in [-0.39, 0.29) is 31.9 Å². The lowest BCUT2D eigenvalue weighted by Crippen LogP contribution is -2.56. The number of nitrogens with two attached hydrogens (primary N) is 3. The van der Waals surface area contributed by atoms with Crippen LogP contribution in [0, 0.1) is 0 Å². The van der Waals surface area contributed by atoms with Crippen LogP contribution in [0.15, 0.2) is 35.3 Å². The number of likely N-dealkylation sites (tertiary alicyclic amines) is 1. The highest BCUT2D eigenvalue weighted by Gasteiger charge is 2.38. The van der Waals surface area contributed by atoms with E-state index in [2.05, 4.69) is 15.6 Å². The first-order valence-corrected chi connectivity index (χ1v) is 11.1. The summed E-state index contributed by atoms with van der Waals surface area (Å²) < 4.78 is 0. The Morgan fingerprint density at radius 2 is 1.82 bits per heavy atom. The number of carboxylic acid groups (broad SMARTS) is 1. The van der Waals surface area contributed by atoms with E-state index in [1.165, 1.54) is 4.90 Å². The zero-order valence-electron chi connectivity index (χ0n) is 19.0. The Bertz CT molecular complexity index is 889. The highest BCUT2D eigenvalue weighted by Crippen LogP contribution is 2.20. The standard InChI is InChI=1S/C22H33N7O5/c23-13-18(30)27-15(8-4-10-26-22(24)25)20(32)29-11-5-9-17(29)19(31)28-16(21(33)34)12-14-6-2-1-3-7-14/h1-3,6-7,15-17H,4-5,8-13,23H2,(H,27,30)(H,28,31)(H,33,34)(H4,24,25,26)/t15-,16-,17-/m0/s1. The average molecular weight is 476 g/mol. The minimum Gasteiger partial charge on any atom is -0.480 e. The number of nitrogens with one attached hydrogen (secondary N) is 2. The molecule has 3 atom stereocenters. The predicted octanol–water partition coefficient (Wildman–Crippen LogP) is -1.71. The molecule has 1 fully saturated rings. The molecule has 1 aliphatic rings. The molecule has 1 heterocycles. The minimum atomic E-state index is -1.17. The Morgan fingerprint density at radius 3 is 2.44 bits per heavy atom. The molecule has 0 bridgehead atoms. The number of hydrogen-bond donors (Lipinski definition) is 6. The number of rotatable bonds is 12. The highest BCUT2D eigenvalue weighted by atomic mass is 16.4. The van der Waals surface area contributed by atoms with Crippen LogP contribution >= 0.6 is 0 Å². The van der Waals surface area contributed by atoms with Gasteiger partial charge in [-0.25, -0.2) is 4.79 Å². The van der Waals surface area contributed by atoms with Crippen LogP contribution in [0.5, 0.6) is 0 Å². The second kappa shape index (κ2) is 13.1. The number of benzene rings is 1. The Labute approximate surface area is 197 Å². The molecule has 12 nitrogen and oxygen atoms in total. The van der Waals surface area contributed by atoms with Gasteiger partial charge in [0.15, 0.2) is 5.96 Å². The molecule has 0 radical (unpaired) electrons. The van der Waals surface area contributed by atoms with Gasteiger partial charge < -0.3 is 37.8 Å². The van der Waals surface area contributed by atoms with Crippen LogP contribution in [0.1, 0.15) is 31.2 Å². The molecule has 12 heteroatoms. The quantitative estimate of drug-likeness (QED) is 0.116. The van der Waals surface area contributed by atoms with Crippen LogP contribution in [0.25, 0.3) is 0 Å². The number of aliphatic imine (C=N–C) groups is 1. The van der Waals surface area contributed by atoms with E-state index in [1.54, 1.807) is 24.3 Å². The maximum absolute atomic E-state index is 13.2. The van der Waals surface area contributed by atoms with Crippen LogP contribution in [-0.4, -0.2) is 77.4 Å². The third kappa shape index (κ3) is 8.03. The fraction of sp³-hybridized carbons (Fsp3) is 0.500. The molecule has 186 valence electrons. The molecule has 1 aliphatic heterocycles. The number of carbonyl (C=O) groups excluding carboxylic acids is 3. The molecule has 0 aliphatic carbocycles. The molecular formula is C22H33N7O5. The Morgan fingerprint density at radius 1 is 1.12 bits per heavy atom. The molecule has 3 amide bonds. The summed E-state index contributed by atoms with van der Waals surface area (Å²) in [5.41, 5.74) is 16.8. The number of carboxylic acids is 1. The van der Waals surface area contributed by atoms with Crippen molar-refractivity contribution in [3.63, 3.8) is 0 Å². The first-order valence-electron chi connectivity index (χ1n) is 11.1. The van der Waals surface area contributed by atoms with E-state index in [4.69, 9.17) is 17.2 Å². The van der Waals surface area contributed by atoms with Gasteiger partial charge in [-0.05, 0) is 31.2 Å². The molecule has 1 aromatic carbocycles. The largest absolute Gasteiger partial charge is 0.480 e. The normalized spacial score (nSPS) is 16.9. The van der Waals surface area contributed by atoms with Crippen molar-refractivity contribution in [2.75, 3.05) is 19.6 Å². The van der Waals surface area contributed by atoms with Crippen molar-refractivity contribution >= 4 is 29.7 Å². The molecule has 1 saturated heterocycles. The summed E-state index contributed by atoms with van der Waals surface area (Å²) in [6.07, 6.45) is 1.75. The number of carbonyl (C=O) groups is 4. The van der Waals surface area contributed by atoms with E-state index >= 15 is 0 Å². The van der Waals surface area contributed by atoms with Gasteiger partial charge >= 0.3 is 5.97 Å². The molecule has 0 spiro atoms. The number of amides is 3. The van der Waals surface area contributed by atoms with Gasteiger partial charge in [-0.3, -0.25) is 19.4 Å². The summed E-state index contributed by atoms with van der Waals surface area (Å²) in [4.78, 5) is 55.1. The minimum absolute atomic E-state index is 0.0753. The number of aliphatic carboxylic acids is 1. The van der Waals surface area contributed by atoms with E-state index in [0.29, 0.717) is 25.8 Å². The van der Waals surface area contributed by atoms with E-state index in [9.17, 15) is 24.3 Å². The van der Waals surface area contributed by atoms with Crippen LogP contribution < -0.4 is 27.8 Å². The van der Waals surface area contributed by atoms with Crippen LogP contribution in [0.2, 0.25) is 0 Å².